The lowest BCUT2D eigenvalue weighted by Crippen LogP contribution is -2.15. The maximum Gasteiger partial charge on any atom is 0.129 e. The van der Waals surface area contributed by atoms with Crippen molar-refractivity contribution >= 4 is 0 Å². The molecule has 90 valence electrons. The summed E-state index contributed by atoms with van der Waals surface area (Å²) in [5, 5.41) is 14.0. The lowest BCUT2D eigenvalue weighted by atomic mass is 10.1. The van der Waals surface area contributed by atoms with Crippen molar-refractivity contribution in [1.82, 2.24) is 9.78 Å². The van der Waals surface area contributed by atoms with Crippen molar-refractivity contribution in [3.8, 4) is 0 Å². The largest absolute Gasteiger partial charge is 0.386 e. The summed E-state index contributed by atoms with van der Waals surface area (Å²) in [4.78, 5) is 0. The molecule has 1 aromatic heterocycles. The number of aliphatic hydroxyl groups is 1. The molecule has 1 aromatic carbocycles. The number of benzene rings is 1. The summed E-state index contributed by atoms with van der Waals surface area (Å²) < 4.78 is 15.0. The van der Waals surface area contributed by atoms with E-state index < -0.39 is 11.9 Å². The van der Waals surface area contributed by atoms with Crippen molar-refractivity contribution in [1.29, 1.82) is 0 Å². The molecule has 0 bridgehead atoms. The van der Waals surface area contributed by atoms with Gasteiger partial charge in [0.1, 0.15) is 11.9 Å². The van der Waals surface area contributed by atoms with Gasteiger partial charge < -0.3 is 10.8 Å². The highest BCUT2D eigenvalue weighted by Gasteiger charge is 2.14. The van der Waals surface area contributed by atoms with E-state index >= 15 is 0 Å². The molecule has 2 aromatic rings. The molecule has 0 saturated heterocycles. The molecular formula is C12H14FN3O. The highest BCUT2D eigenvalue weighted by atomic mass is 19.1. The van der Waals surface area contributed by atoms with Gasteiger partial charge in [0, 0.05) is 18.3 Å². The van der Waals surface area contributed by atoms with E-state index in [1.807, 2.05) is 0 Å². The van der Waals surface area contributed by atoms with E-state index in [4.69, 9.17) is 5.73 Å². The number of nitrogens with zero attached hydrogens (tertiary/aromatic N) is 2. The fourth-order valence-electron chi connectivity index (χ4n) is 1.71. The standard InChI is InChI=1S/C12H14FN3O/c13-11-4-2-1-3-10(11)12(17)8-16-9(7-14)5-6-15-16/h1-6,12,17H,7-8,14H2. The second-order valence-corrected chi connectivity index (χ2v) is 3.75. The predicted octanol–water partition coefficient (Wildman–Crippen LogP) is 1.21. The molecule has 0 spiro atoms. The van der Waals surface area contributed by atoms with Crippen LogP contribution in [0.25, 0.3) is 0 Å². The Kier molecular flexibility index (Phi) is 3.51. The topological polar surface area (TPSA) is 64.1 Å². The summed E-state index contributed by atoms with van der Waals surface area (Å²) in [7, 11) is 0. The summed E-state index contributed by atoms with van der Waals surface area (Å²) in [5.74, 6) is -0.415. The van der Waals surface area contributed by atoms with Crippen LogP contribution in [-0.4, -0.2) is 14.9 Å². The van der Waals surface area contributed by atoms with Gasteiger partial charge in [-0.25, -0.2) is 4.39 Å². The molecule has 17 heavy (non-hydrogen) atoms. The van der Waals surface area contributed by atoms with Gasteiger partial charge in [0.2, 0.25) is 0 Å². The molecule has 2 rings (SSSR count). The van der Waals surface area contributed by atoms with E-state index in [1.165, 1.54) is 6.07 Å². The molecule has 1 atom stereocenters. The molecule has 0 amide bonds. The van der Waals surface area contributed by atoms with E-state index in [2.05, 4.69) is 5.10 Å². The summed E-state index contributed by atoms with van der Waals surface area (Å²) in [6, 6.07) is 7.94. The third-order valence-electron chi connectivity index (χ3n) is 2.62. The molecule has 0 radical (unpaired) electrons. The molecule has 5 heteroatoms. The maximum atomic E-state index is 13.4. The fourth-order valence-corrected chi connectivity index (χ4v) is 1.71. The summed E-state index contributed by atoms with van der Waals surface area (Å²) in [6.45, 7) is 0.532. The van der Waals surface area contributed by atoms with Crippen LogP contribution in [0.3, 0.4) is 0 Å². The van der Waals surface area contributed by atoms with Gasteiger partial charge in [-0.3, -0.25) is 4.68 Å². The van der Waals surface area contributed by atoms with E-state index in [9.17, 15) is 9.50 Å². The summed E-state index contributed by atoms with van der Waals surface area (Å²) in [5.41, 5.74) is 6.60. The normalized spacial score (nSPS) is 12.6. The minimum Gasteiger partial charge on any atom is -0.386 e. The van der Waals surface area contributed by atoms with Crippen molar-refractivity contribution in [2.75, 3.05) is 0 Å². The summed E-state index contributed by atoms with van der Waals surface area (Å²) >= 11 is 0. The second-order valence-electron chi connectivity index (χ2n) is 3.75. The van der Waals surface area contributed by atoms with Crippen LogP contribution in [0.2, 0.25) is 0 Å². The van der Waals surface area contributed by atoms with Crippen LogP contribution in [0.4, 0.5) is 4.39 Å². The predicted molar refractivity (Wildman–Crippen MR) is 61.5 cm³/mol. The van der Waals surface area contributed by atoms with Crippen molar-refractivity contribution in [2.45, 2.75) is 19.2 Å². The monoisotopic (exact) mass is 235 g/mol. The minimum atomic E-state index is -0.929. The van der Waals surface area contributed by atoms with Crippen molar-refractivity contribution < 1.29 is 9.50 Å². The number of halogens is 1. The molecule has 3 N–H and O–H groups in total. The van der Waals surface area contributed by atoms with E-state index in [-0.39, 0.29) is 12.1 Å². The molecular weight excluding hydrogens is 221 g/mol. The Labute approximate surface area is 98.5 Å². The van der Waals surface area contributed by atoms with Gasteiger partial charge in [-0.2, -0.15) is 5.10 Å². The Balaban J connectivity index is 2.17. The van der Waals surface area contributed by atoms with Gasteiger partial charge in [0.25, 0.3) is 0 Å². The van der Waals surface area contributed by atoms with E-state index in [1.54, 1.807) is 35.1 Å². The molecule has 0 saturated carbocycles. The van der Waals surface area contributed by atoms with Gasteiger partial charge in [-0.1, -0.05) is 18.2 Å². The minimum absolute atomic E-state index is 0.195. The van der Waals surface area contributed by atoms with Crippen molar-refractivity contribution in [3.05, 3.63) is 53.6 Å². The van der Waals surface area contributed by atoms with Crippen LogP contribution in [0, 0.1) is 5.82 Å². The fraction of sp³-hybridized carbons (Fsp3) is 0.250. The Bertz CT molecular complexity index is 498. The Hall–Kier alpha value is -1.72. The van der Waals surface area contributed by atoms with E-state index in [0.717, 1.165) is 5.69 Å². The van der Waals surface area contributed by atoms with Gasteiger partial charge in [0.15, 0.2) is 0 Å². The number of nitrogens with two attached hydrogens (primary N) is 1. The maximum absolute atomic E-state index is 13.4. The zero-order valence-electron chi connectivity index (χ0n) is 9.25. The van der Waals surface area contributed by atoms with Crippen LogP contribution >= 0.6 is 0 Å². The number of aromatic nitrogens is 2. The van der Waals surface area contributed by atoms with E-state index in [0.29, 0.717) is 6.54 Å². The average molecular weight is 235 g/mol. The van der Waals surface area contributed by atoms with Crippen LogP contribution in [0.1, 0.15) is 17.4 Å². The Morgan fingerprint density at radius 3 is 2.82 bits per heavy atom. The number of hydrogen-bond acceptors (Lipinski definition) is 3. The molecule has 0 aliphatic heterocycles. The first-order chi connectivity index (χ1) is 8.22. The molecule has 0 fully saturated rings. The van der Waals surface area contributed by atoms with Crippen LogP contribution in [0.5, 0.6) is 0 Å². The highest BCUT2D eigenvalue weighted by Crippen LogP contribution is 2.18. The highest BCUT2D eigenvalue weighted by molar-refractivity contribution is 5.19. The molecule has 0 aliphatic carbocycles. The average Bonchev–Trinajstić information content (AvgIpc) is 2.76. The third-order valence-corrected chi connectivity index (χ3v) is 2.62. The van der Waals surface area contributed by atoms with Gasteiger partial charge in [0.05, 0.1) is 12.2 Å². The first-order valence-corrected chi connectivity index (χ1v) is 5.35. The summed E-state index contributed by atoms with van der Waals surface area (Å²) in [6.07, 6.45) is 0.678. The Morgan fingerprint density at radius 1 is 1.35 bits per heavy atom. The quantitative estimate of drug-likeness (QED) is 0.837. The number of hydrogen-bond donors (Lipinski definition) is 2. The zero-order valence-corrected chi connectivity index (χ0v) is 9.25. The second kappa shape index (κ2) is 5.07. The SMILES string of the molecule is NCc1ccnn1CC(O)c1ccccc1F. The number of rotatable bonds is 4. The lowest BCUT2D eigenvalue weighted by Gasteiger charge is -2.13. The van der Waals surface area contributed by atoms with Crippen LogP contribution in [0.15, 0.2) is 36.5 Å². The first kappa shape index (κ1) is 11.8. The third kappa shape index (κ3) is 2.51. The van der Waals surface area contributed by atoms with Gasteiger partial charge in [-0.05, 0) is 12.1 Å². The lowest BCUT2D eigenvalue weighted by molar-refractivity contribution is 0.146. The molecule has 1 heterocycles. The molecule has 0 aliphatic rings. The zero-order chi connectivity index (χ0) is 12.3. The smallest absolute Gasteiger partial charge is 0.129 e. The van der Waals surface area contributed by atoms with Crippen molar-refractivity contribution in [2.24, 2.45) is 5.73 Å². The van der Waals surface area contributed by atoms with Gasteiger partial charge in [-0.15, -0.1) is 0 Å². The number of aliphatic hydroxyl groups excluding tert-OH is 1. The van der Waals surface area contributed by atoms with Crippen LogP contribution in [-0.2, 0) is 13.1 Å². The molecule has 1 unspecified atom stereocenters. The molecule has 4 nitrogen and oxygen atoms in total. The van der Waals surface area contributed by atoms with Crippen LogP contribution < -0.4 is 5.73 Å². The Morgan fingerprint density at radius 2 is 2.12 bits per heavy atom. The van der Waals surface area contributed by atoms with Crippen molar-refractivity contribution in [3.63, 3.8) is 0 Å². The van der Waals surface area contributed by atoms with Gasteiger partial charge >= 0.3 is 0 Å². The first-order valence-electron chi connectivity index (χ1n) is 5.35.